The van der Waals surface area contributed by atoms with E-state index in [9.17, 15) is 14.9 Å². The molecule has 124 valence electrons. The van der Waals surface area contributed by atoms with E-state index in [1.807, 2.05) is 0 Å². The second kappa shape index (κ2) is 8.28. The molecule has 8 nitrogen and oxygen atoms in total. The molecule has 24 heavy (non-hydrogen) atoms. The molecule has 0 spiro atoms. The Balaban J connectivity index is 1.87. The van der Waals surface area contributed by atoms with E-state index in [0.29, 0.717) is 17.1 Å². The highest BCUT2D eigenvalue weighted by Crippen LogP contribution is 2.25. The molecule has 8 heteroatoms. The van der Waals surface area contributed by atoms with Crippen LogP contribution in [0.1, 0.15) is 5.56 Å². The second-order valence-electron chi connectivity index (χ2n) is 4.58. The number of methoxy groups -OCH3 is 1. The van der Waals surface area contributed by atoms with Crippen LogP contribution >= 0.6 is 0 Å². The van der Waals surface area contributed by atoms with E-state index in [1.54, 1.807) is 30.3 Å². The summed E-state index contributed by atoms with van der Waals surface area (Å²) >= 11 is 0. The molecule has 0 saturated carbocycles. The normalized spacial score (nSPS) is 10.4. The molecule has 0 radical (unpaired) electrons. The van der Waals surface area contributed by atoms with E-state index in [-0.39, 0.29) is 12.3 Å². The van der Waals surface area contributed by atoms with Crippen LogP contribution in [0.25, 0.3) is 0 Å². The van der Waals surface area contributed by atoms with E-state index in [4.69, 9.17) is 9.47 Å². The zero-order valence-electron chi connectivity index (χ0n) is 12.8. The summed E-state index contributed by atoms with van der Waals surface area (Å²) in [4.78, 5) is 21.9. The Kier molecular flexibility index (Phi) is 5.84. The summed E-state index contributed by atoms with van der Waals surface area (Å²) in [6.07, 6.45) is 1.31. The first kappa shape index (κ1) is 16.9. The maximum Gasteiger partial charge on any atom is 0.277 e. The molecule has 0 aliphatic heterocycles. The molecule has 0 atom stereocenters. The molecule has 0 heterocycles. The first-order valence-electron chi connectivity index (χ1n) is 6.92. The van der Waals surface area contributed by atoms with Crippen molar-refractivity contribution in [3.05, 3.63) is 64.2 Å². The Morgan fingerprint density at radius 2 is 2.00 bits per heavy atom. The van der Waals surface area contributed by atoms with Gasteiger partial charge in [-0.15, -0.1) is 0 Å². The number of nitrogens with one attached hydrogen (secondary N) is 1. The monoisotopic (exact) mass is 329 g/mol. The summed E-state index contributed by atoms with van der Waals surface area (Å²) in [6.45, 7) is -0.243. The average molecular weight is 329 g/mol. The van der Waals surface area contributed by atoms with Crippen LogP contribution in [0.15, 0.2) is 53.6 Å². The van der Waals surface area contributed by atoms with E-state index < -0.39 is 10.8 Å². The quantitative estimate of drug-likeness (QED) is 0.476. The molecule has 0 bridgehead atoms. The number of ether oxygens (including phenoxy) is 2. The lowest BCUT2D eigenvalue weighted by Crippen LogP contribution is -2.24. The smallest absolute Gasteiger partial charge is 0.277 e. The van der Waals surface area contributed by atoms with Gasteiger partial charge in [0, 0.05) is 17.7 Å². The first-order chi connectivity index (χ1) is 11.6. The second-order valence-corrected chi connectivity index (χ2v) is 4.58. The first-order valence-corrected chi connectivity index (χ1v) is 6.92. The fraction of sp³-hybridized carbons (Fsp3) is 0.125. The van der Waals surface area contributed by atoms with Gasteiger partial charge in [-0.2, -0.15) is 5.10 Å². The van der Waals surface area contributed by atoms with Crippen LogP contribution in [-0.2, 0) is 4.79 Å². The molecule has 1 amide bonds. The standard InChI is InChI=1S/C16H15N3O5/c1-23-14-7-2-3-8-15(14)24-11-16(20)18-17-10-12-5-4-6-13(9-12)19(21)22/h2-10H,11H2,1H3,(H,18,20)/b17-10-. The number of hydrogen-bond donors (Lipinski definition) is 1. The van der Waals surface area contributed by atoms with Gasteiger partial charge in [-0.25, -0.2) is 5.43 Å². The van der Waals surface area contributed by atoms with Gasteiger partial charge in [-0.3, -0.25) is 14.9 Å². The lowest BCUT2D eigenvalue weighted by Gasteiger charge is -2.09. The van der Waals surface area contributed by atoms with Gasteiger partial charge < -0.3 is 9.47 Å². The number of amides is 1. The molecule has 0 aliphatic rings. The summed E-state index contributed by atoms with van der Waals surface area (Å²) in [5, 5.41) is 14.4. The van der Waals surface area contributed by atoms with Crippen LogP contribution in [0.5, 0.6) is 11.5 Å². The van der Waals surface area contributed by atoms with Crippen molar-refractivity contribution in [3.63, 3.8) is 0 Å². The minimum atomic E-state index is -0.503. The maximum atomic E-state index is 11.7. The van der Waals surface area contributed by atoms with Crippen LogP contribution in [0.2, 0.25) is 0 Å². The van der Waals surface area contributed by atoms with E-state index in [0.717, 1.165) is 0 Å². The zero-order valence-corrected chi connectivity index (χ0v) is 12.8. The summed E-state index contributed by atoms with van der Waals surface area (Å²) < 4.78 is 10.4. The lowest BCUT2D eigenvalue weighted by molar-refractivity contribution is -0.384. The number of benzene rings is 2. The Hall–Kier alpha value is -3.42. The van der Waals surface area contributed by atoms with Crippen molar-refractivity contribution in [3.8, 4) is 11.5 Å². The molecular weight excluding hydrogens is 314 g/mol. The van der Waals surface area contributed by atoms with Crippen molar-refractivity contribution in [2.45, 2.75) is 0 Å². The Morgan fingerprint density at radius 3 is 2.71 bits per heavy atom. The Labute approximate surface area is 137 Å². The van der Waals surface area contributed by atoms with E-state index in [1.165, 1.54) is 31.5 Å². The van der Waals surface area contributed by atoms with Gasteiger partial charge in [0.05, 0.1) is 18.2 Å². The van der Waals surface area contributed by atoms with E-state index >= 15 is 0 Å². The number of nitro benzene ring substituents is 1. The molecule has 0 aliphatic carbocycles. The molecule has 0 unspecified atom stereocenters. The number of carbonyl (C=O) groups excluding carboxylic acids is 1. The third-order valence-electron chi connectivity index (χ3n) is 2.91. The van der Waals surface area contributed by atoms with Gasteiger partial charge in [0.1, 0.15) is 0 Å². The fourth-order valence-corrected chi connectivity index (χ4v) is 1.81. The molecule has 2 aromatic rings. The van der Waals surface area contributed by atoms with Crippen LogP contribution < -0.4 is 14.9 Å². The Morgan fingerprint density at radius 1 is 1.25 bits per heavy atom. The predicted molar refractivity (Wildman–Crippen MR) is 87.3 cm³/mol. The van der Waals surface area contributed by atoms with Crippen molar-refractivity contribution in [1.82, 2.24) is 5.43 Å². The largest absolute Gasteiger partial charge is 0.493 e. The van der Waals surface area contributed by atoms with Crippen LogP contribution in [0, 0.1) is 10.1 Å². The lowest BCUT2D eigenvalue weighted by atomic mass is 10.2. The highest BCUT2D eigenvalue weighted by Gasteiger charge is 2.06. The molecule has 1 N–H and O–H groups in total. The fourth-order valence-electron chi connectivity index (χ4n) is 1.81. The minimum Gasteiger partial charge on any atom is -0.493 e. The van der Waals surface area contributed by atoms with Crippen LogP contribution in [0.4, 0.5) is 5.69 Å². The van der Waals surface area contributed by atoms with Gasteiger partial charge in [-0.1, -0.05) is 24.3 Å². The molecular formula is C16H15N3O5. The van der Waals surface area contributed by atoms with Gasteiger partial charge in [-0.05, 0) is 12.1 Å². The van der Waals surface area contributed by atoms with Crippen molar-refractivity contribution in [2.24, 2.45) is 5.10 Å². The van der Waals surface area contributed by atoms with Gasteiger partial charge in [0.2, 0.25) is 0 Å². The number of para-hydroxylation sites is 2. The van der Waals surface area contributed by atoms with Gasteiger partial charge >= 0.3 is 0 Å². The average Bonchev–Trinajstić information content (AvgIpc) is 2.60. The third-order valence-corrected chi connectivity index (χ3v) is 2.91. The summed E-state index contributed by atoms with van der Waals surface area (Å²) in [6, 6.07) is 12.8. The number of nitrogens with zero attached hydrogens (tertiary/aromatic N) is 2. The Bertz CT molecular complexity index is 761. The minimum absolute atomic E-state index is 0.0511. The number of carbonyl (C=O) groups is 1. The van der Waals surface area contributed by atoms with Gasteiger partial charge in [0.25, 0.3) is 11.6 Å². The van der Waals surface area contributed by atoms with Crippen molar-refractivity contribution in [1.29, 1.82) is 0 Å². The molecule has 0 aromatic heterocycles. The van der Waals surface area contributed by atoms with Crippen molar-refractivity contribution >= 4 is 17.8 Å². The highest BCUT2D eigenvalue weighted by atomic mass is 16.6. The van der Waals surface area contributed by atoms with Crippen molar-refractivity contribution < 1.29 is 19.2 Å². The number of rotatable bonds is 7. The third kappa shape index (κ3) is 4.80. The number of hydrazone groups is 1. The van der Waals surface area contributed by atoms with E-state index in [2.05, 4.69) is 10.5 Å². The summed E-state index contributed by atoms with van der Waals surface area (Å²) in [5.74, 6) is 0.491. The van der Waals surface area contributed by atoms with Gasteiger partial charge in [0.15, 0.2) is 18.1 Å². The summed E-state index contributed by atoms with van der Waals surface area (Å²) in [7, 11) is 1.51. The zero-order chi connectivity index (χ0) is 17.4. The van der Waals surface area contributed by atoms with Crippen LogP contribution in [-0.4, -0.2) is 30.8 Å². The van der Waals surface area contributed by atoms with Crippen molar-refractivity contribution in [2.75, 3.05) is 13.7 Å². The molecule has 0 saturated heterocycles. The topological polar surface area (TPSA) is 103 Å². The number of hydrogen-bond acceptors (Lipinski definition) is 6. The highest BCUT2D eigenvalue weighted by molar-refractivity contribution is 5.83. The SMILES string of the molecule is COc1ccccc1OCC(=O)N/N=C\c1cccc([N+](=O)[O-])c1. The maximum absolute atomic E-state index is 11.7. The summed E-state index contributed by atoms with van der Waals surface area (Å²) in [5.41, 5.74) is 2.73. The predicted octanol–water partition coefficient (Wildman–Crippen LogP) is 2.13. The van der Waals surface area contributed by atoms with Crippen LogP contribution in [0.3, 0.4) is 0 Å². The number of nitro groups is 1. The molecule has 2 aromatic carbocycles. The number of non-ortho nitro benzene ring substituents is 1. The molecule has 0 fully saturated rings. The molecule has 2 rings (SSSR count).